The maximum absolute atomic E-state index is 12.0. The van der Waals surface area contributed by atoms with E-state index in [0.717, 1.165) is 0 Å². The van der Waals surface area contributed by atoms with Gasteiger partial charge in [-0.05, 0) is 18.8 Å². The van der Waals surface area contributed by atoms with E-state index < -0.39 is 25.1 Å². The van der Waals surface area contributed by atoms with Crippen molar-refractivity contribution in [2.75, 3.05) is 19.7 Å². The summed E-state index contributed by atoms with van der Waals surface area (Å²) in [4.78, 5) is 12.4. The summed E-state index contributed by atoms with van der Waals surface area (Å²) in [7, 11) is 0. The highest BCUT2D eigenvalue weighted by Crippen LogP contribution is 2.30. The van der Waals surface area contributed by atoms with E-state index in [9.17, 15) is 18.0 Å². The van der Waals surface area contributed by atoms with Crippen molar-refractivity contribution >= 4 is 5.91 Å². The Morgan fingerprint density at radius 3 is 2.27 bits per heavy atom. The van der Waals surface area contributed by atoms with Crippen molar-refractivity contribution in [3.63, 3.8) is 0 Å². The number of likely N-dealkylation sites (tertiary alicyclic amines) is 1. The van der Waals surface area contributed by atoms with Crippen LogP contribution in [0, 0.1) is 5.92 Å². The fourth-order valence-corrected chi connectivity index (χ4v) is 1.81. The lowest BCUT2D eigenvalue weighted by molar-refractivity contribution is -0.149. The lowest BCUT2D eigenvalue weighted by Gasteiger charge is -2.31. The predicted molar refractivity (Wildman–Crippen MR) is 47.1 cm³/mol. The molecule has 0 unspecified atom stereocenters. The first kappa shape index (κ1) is 12.3. The molecule has 1 rings (SSSR count). The second-order valence-electron chi connectivity index (χ2n) is 3.80. The number of aliphatic hydroxyl groups is 1. The third kappa shape index (κ3) is 4.07. The van der Waals surface area contributed by atoms with Crippen molar-refractivity contribution < 1.29 is 23.1 Å². The highest BCUT2D eigenvalue weighted by Gasteiger charge is 2.33. The molecule has 0 aliphatic carbocycles. The van der Waals surface area contributed by atoms with Gasteiger partial charge in [0.05, 0.1) is 0 Å². The molecule has 1 heterocycles. The Balaban J connectivity index is 2.33. The quantitative estimate of drug-likeness (QED) is 0.766. The molecule has 0 aromatic rings. The molecule has 88 valence electrons. The Morgan fingerprint density at radius 2 is 1.87 bits per heavy atom. The van der Waals surface area contributed by atoms with Gasteiger partial charge in [-0.1, -0.05) is 0 Å². The summed E-state index contributed by atoms with van der Waals surface area (Å²) in [5.74, 6) is -0.784. The normalized spacial score (nSPS) is 19.3. The molecule has 0 saturated carbocycles. The highest BCUT2D eigenvalue weighted by atomic mass is 19.4. The van der Waals surface area contributed by atoms with Crippen LogP contribution in [0.2, 0.25) is 0 Å². The number of nitrogens with zero attached hydrogens (tertiary/aromatic N) is 1. The van der Waals surface area contributed by atoms with Crippen LogP contribution in [0.1, 0.15) is 19.3 Å². The van der Waals surface area contributed by atoms with E-state index in [4.69, 9.17) is 5.11 Å². The molecule has 1 N–H and O–H groups in total. The van der Waals surface area contributed by atoms with Crippen molar-refractivity contribution in [3.8, 4) is 0 Å². The van der Waals surface area contributed by atoms with E-state index in [1.165, 1.54) is 4.90 Å². The van der Waals surface area contributed by atoms with Crippen LogP contribution < -0.4 is 0 Å². The average Bonchev–Trinajstić information content (AvgIpc) is 2.15. The largest absolute Gasteiger partial charge is 0.389 e. The van der Waals surface area contributed by atoms with Gasteiger partial charge in [0.25, 0.3) is 0 Å². The molecular formula is C9H14F3NO2. The molecule has 6 heteroatoms. The van der Waals surface area contributed by atoms with Crippen LogP contribution in [0.5, 0.6) is 0 Å². The van der Waals surface area contributed by atoms with Crippen LogP contribution in [0.4, 0.5) is 13.2 Å². The average molecular weight is 225 g/mol. The Morgan fingerprint density at radius 1 is 1.33 bits per heavy atom. The number of carbonyl (C=O) groups excluding carboxylic acids is 1. The zero-order chi connectivity index (χ0) is 11.5. The van der Waals surface area contributed by atoms with E-state index in [-0.39, 0.29) is 5.92 Å². The van der Waals surface area contributed by atoms with Gasteiger partial charge in [0.2, 0.25) is 5.91 Å². The molecule has 0 aromatic carbocycles. The molecule has 0 atom stereocenters. The van der Waals surface area contributed by atoms with Crippen molar-refractivity contribution in [2.24, 2.45) is 5.92 Å². The maximum atomic E-state index is 12.0. The lowest BCUT2D eigenvalue weighted by Crippen LogP contribution is -2.40. The number of halogens is 3. The number of carbonyl (C=O) groups is 1. The molecule has 1 fully saturated rings. The Hall–Kier alpha value is -0.780. The molecule has 1 saturated heterocycles. The first-order valence-electron chi connectivity index (χ1n) is 4.88. The fourth-order valence-electron chi connectivity index (χ4n) is 1.81. The Labute approximate surface area is 85.9 Å². The van der Waals surface area contributed by atoms with Crippen LogP contribution in [-0.4, -0.2) is 41.8 Å². The van der Waals surface area contributed by atoms with Gasteiger partial charge in [-0.15, -0.1) is 0 Å². The molecule has 0 spiro atoms. The fraction of sp³-hybridized carbons (Fsp3) is 0.889. The minimum atomic E-state index is -4.12. The zero-order valence-corrected chi connectivity index (χ0v) is 8.26. The van der Waals surface area contributed by atoms with Gasteiger partial charge in [-0.3, -0.25) is 4.79 Å². The second-order valence-corrected chi connectivity index (χ2v) is 3.80. The van der Waals surface area contributed by atoms with E-state index >= 15 is 0 Å². The van der Waals surface area contributed by atoms with Crippen LogP contribution in [0.25, 0.3) is 0 Å². The van der Waals surface area contributed by atoms with E-state index in [1.807, 2.05) is 0 Å². The summed E-state index contributed by atoms with van der Waals surface area (Å²) in [6.45, 7) is 0.0736. The number of alkyl halides is 3. The SMILES string of the molecule is O=C(CO)N1CCC(CC(F)(F)F)CC1. The summed E-state index contributed by atoms with van der Waals surface area (Å²) in [5.41, 5.74) is 0. The van der Waals surface area contributed by atoms with E-state index in [2.05, 4.69) is 0 Å². The van der Waals surface area contributed by atoms with Crippen molar-refractivity contribution in [1.82, 2.24) is 4.90 Å². The van der Waals surface area contributed by atoms with Crippen molar-refractivity contribution in [2.45, 2.75) is 25.4 Å². The van der Waals surface area contributed by atoms with Crippen molar-refractivity contribution in [3.05, 3.63) is 0 Å². The van der Waals surface area contributed by atoms with Crippen LogP contribution >= 0.6 is 0 Å². The summed E-state index contributed by atoms with van der Waals surface area (Å²) >= 11 is 0. The summed E-state index contributed by atoms with van der Waals surface area (Å²) in [5, 5.41) is 8.57. The van der Waals surface area contributed by atoms with Gasteiger partial charge in [0.15, 0.2) is 0 Å². The zero-order valence-electron chi connectivity index (χ0n) is 8.26. The van der Waals surface area contributed by atoms with Gasteiger partial charge in [0, 0.05) is 19.5 Å². The molecule has 0 bridgehead atoms. The number of amides is 1. The third-order valence-corrected chi connectivity index (χ3v) is 2.62. The molecule has 15 heavy (non-hydrogen) atoms. The lowest BCUT2D eigenvalue weighted by atomic mass is 9.93. The van der Waals surface area contributed by atoms with Crippen molar-refractivity contribution in [1.29, 1.82) is 0 Å². The smallest absolute Gasteiger partial charge is 0.387 e. The maximum Gasteiger partial charge on any atom is 0.389 e. The number of hydrogen-bond donors (Lipinski definition) is 1. The van der Waals surface area contributed by atoms with Gasteiger partial charge in [-0.25, -0.2) is 0 Å². The molecule has 3 nitrogen and oxygen atoms in total. The van der Waals surface area contributed by atoms with E-state index in [0.29, 0.717) is 25.9 Å². The van der Waals surface area contributed by atoms with Gasteiger partial charge >= 0.3 is 6.18 Å². The molecule has 1 amide bonds. The van der Waals surface area contributed by atoms with Gasteiger partial charge in [0.1, 0.15) is 6.61 Å². The van der Waals surface area contributed by atoms with Crippen LogP contribution in [0.3, 0.4) is 0 Å². The topological polar surface area (TPSA) is 40.5 Å². The van der Waals surface area contributed by atoms with Gasteiger partial charge in [-0.2, -0.15) is 13.2 Å². The van der Waals surface area contributed by atoms with Gasteiger partial charge < -0.3 is 10.0 Å². The number of piperidine rings is 1. The summed E-state index contributed by atoms with van der Waals surface area (Å²) in [6, 6.07) is 0. The Kier molecular flexibility index (Phi) is 3.96. The standard InChI is InChI=1S/C9H14F3NO2/c10-9(11,12)5-7-1-3-13(4-2-7)8(15)6-14/h7,14H,1-6H2. The first-order chi connectivity index (χ1) is 6.92. The molecule has 1 aliphatic heterocycles. The monoisotopic (exact) mass is 225 g/mol. The third-order valence-electron chi connectivity index (χ3n) is 2.62. The van der Waals surface area contributed by atoms with Crippen LogP contribution in [0.15, 0.2) is 0 Å². The summed E-state index contributed by atoms with van der Waals surface area (Å²) in [6.07, 6.45) is -4.15. The molecular weight excluding hydrogens is 211 g/mol. The molecule has 0 aromatic heterocycles. The van der Waals surface area contributed by atoms with E-state index in [1.54, 1.807) is 0 Å². The van der Waals surface area contributed by atoms with Crippen LogP contribution in [-0.2, 0) is 4.79 Å². The number of aliphatic hydroxyl groups excluding tert-OH is 1. The minimum Gasteiger partial charge on any atom is -0.387 e. The molecule has 1 aliphatic rings. The Bertz CT molecular complexity index is 222. The predicted octanol–water partition coefficient (Wildman–Crippen LogP) is 1.17. The first-order valence-corrected chi connectivity index (χ1v) is 4.88. The second kappa shape index (κ2) is 4.83. The number of rotatable bonds is 2. The minimum absolute atomic E-state index is 0.320. The highest BCUT2D eigenvalue weighted by molar-refractivity contribution is 5.77. The molecule has 0 radical (unpaired) electrons. The number of hydrogen-bond acceptors (Lipinski definition) is 2. The summed E-state index contributed by atoms with van der Waals surface area (Å²) < 4.78 is 36.1.